The average Bonchev–Trinajstić information content (AvgIpc) is 2.84. The molecule has 0 N–H and O–H groups in total. The van der Waals surface area contributed by atoms with Crippen LogP contribution in [-0.2, 0) is 11.2 Å². The van der Waals surface area contributed by atoms with Crippen LogP contribution in [0.15, 0.2) is 22.7 Å². The van der Waals surface area contributed by atoms with Crippen molar-refractivity contribution in [1.82, 2.24) is 10.1 Å². The molecule has 0 bridgehead atoms. The average molecular weight is 243 g/mol. The van der Waals surface area contributed by atoms with Gasteiger partial charge in [0.25, 0.3) is 5.89 Å². The third-order valence-corrected chi connectivity index (χ3v) is 2.58. The normalized spacial score (nSPS) is 10.3. The summed E-state index contributed by atoms with van der Waals surface area (Å²) in [5.74, 6) is 1.10. The molecule has 5 nitrogen and oxygen atoms in total. The second-order valence-corrected chi connectivity index (χ2v) is 3.90. The molecule has 1 aromatic heterocycles. The molecule has 5 heteroatoms. The fourth-order valence-corrected chi connectivity index (χ4v) is 1.63. The van der Waals surface area contributed by atoms with E-state index in [2.05, 4.69) is 16.2 Å². The van der Waals surface area contributed by atoms with Crippen LogP contribution in [0.25, 0.3) is 11.5 Å². The van der Waals surface area contributed by atoms with E-state index in [1.54, 1.807) is 19.2 Å². The molecule has 1 aromatic carbocycles. The van der Waals surface area contributed by atoms with E-state index in [1.165, 1.54) is 0 Å². The molecule has 18 heavy (non-hydrogen) atoms. The summed E-state index contributed by atoms with van der Waals surface area (Å²) in [7, 11) is 1.63. The Morgan fingerprint density at radius 1 is 1.44 bits per heavy atom. The Morgan fingerprint density at radius 3 is 2.94 bits per heavy atom. The van der Waals surface area contributed by atoms with Gasteiger partial charge in [-0.25, -0.2) is 0 Å². The molecule has 1 heterocycles. The van der Waals surface area contributed by atoms with Crippen LogP contribution in [0.3, 0.4) is 0 Å². The molecule has 0 aliphatic heterocycles. The second kappa shape index (κ2) is 5.43. The number of rotatable bonds is 4. The van der Waals surface area contributed by atoms with E-state index in [0.29, 0.717) is 30.3 Å². The quantitative estimate of drug-likeness (QED) is 0.822. The predicted octanol–water partition coefficient (Wildman–Crippen LogP) is 2.11. The fraction of sp³-hybridized carbons (Fsp3) is 0.308. The minimum absolute atomic E-state index is 0.475. The third-order valence-electron chi connectivity index (χ3n) is 2.58. The number of nitriles is 1. The Morgan fingerprint density at radius 2 is 2.28 bits per heavy atom. The molecule has 0 unspecified atom stereocenters. The third kappa shape index (κ3) is 2.55. The highest BCUT2D eigenvalue weighted by Crippen LogP contribution is 2.22. The van der Waals surface area contributed by atoms with Gasteiger partial charge in [-0.1, -0.05) is 5.16 Å². The molecule has 0 saturated carbocycles. The van der Waals surface area contributed by atoms with Crippen molar-refractivity contribution in [3.05, 3.63) is 35.2 Å². The molecule has 0 atom stereocenters. The van der Waals surface area contributed by atoms with Gasteiger partial charge in [-0.2, -0.15) is 10.2 Å². The van der Waals surface area contributed by atoms with Crippen LogP contribution in [0.4, 0.5) is 0 Å². The summed E-state index contributed by atoms with van der Waals surface area (Å²) in [4.78, 5) is 4.29. The maximum atomic E-state index is 8.81. The topological polar surface area (TPSA) is 71.9 Å². The van der Waals surface area contributed by atoms with E-state index < -0.39 is 0 Å². The molecule has 0 spiro atoms. The summed E-state index contributed by atoms with van der Waals surface area (Å²) < 4.78 is 10.2. The summed E-state index contributed by atoms with van der Waals surface area (Å²) >= 11 is 0. The van der Waals surface area contributed by atoms with E-state index in [4.69, 9.17) is 14.5 Å². The highest BCUT2D eigenvalue weighted by atomic mass is 16.5. The first kappa shape index (κ1) is 12.3. The molecule has 0 amide bonds. The maximum Gasteiger partial charge on any atom is 0.258 e. The highest BCUT2D eigenvalue weighted by molar-refractivity contribution is 5.60. The summed E-state index contributed by atoms with van der Waals surface area (Å²) in [5.41, 5.74) is 2.41. The lowest BCUT2D eigenvalue weighted by Crippen LogP contribution is -1.96. The molecule has 92 valence electrons. The van der Waals surface area contributed by atoms with Gasteiger partial charge in [0.2, 0.25) is 0 Å². The van der Waals surface area contributed by atoms with Crippen molar-refractivity contribution in [2.45, 2.75) is 13.3 Å². The van der Waals surface area contributed by atoms with Gasteiger partial charge in [0.05, 0.1) is 18.2 Å². The first-order valence-electron chi connectivity index (χ1n) is 5.57. The molecule has 0 aliphatic rings. The molecule has 2 rings (SSSR count). The largest absolute Gasteiger partial charge is 0.384 e. The van der Waals surface area contributed by atoms with Crippen molar-refractivity contribution in [3.63, 3.8) is 0 Å². The molecule has 2 aromatic rings. The van der Waals surface area contributed by atoms with Gasteiger partial charge < -0.3 is 9.26 Å². The first-order chi connectivity index (χ1) is 8.74. The first-order valence-corrected chi connectivity index (χ1v) is 5.57. The highest BCUT2D eigenvalue weighted by Gasteiger charge is 2.11. The van der Waals surface area contributed by atoms with E-state index in [-0.39, 0.29) is 0 Å². The van der Waals surface area contributed by atoms with Crippen molar-refractivity contribution in [1.29, 1.82) is 5.26 Å². The molecule has 0 fully saturated rings. The zero-order valence-corrected chi connectivity index (χ0v) is 10.3. The lowest BCUT2D eigenvalue weighted by molar-refractivity contribution is 0.199. The SMILES string of the molecule is COCCc1noc(-c2ccc(C#N)cc2C)n1. The van der Waals surface area contributed by atoms with Crippen LogP contribution in [0.2, 0.25) is 0 Å². The van der Waals surface area contributed by atoms with Crippen molar-refractivity contribution >= 4 is 0 Å². The smallest absolute Gasteiger partial charge is 0.258 e. The number of aryl methyl sites for hydroxylation is 1. The van der Waals surface area contributed by atoms with E-state index in [1.807, 2.05) is 13.0 Å². The van der Waals surface area contributed by atoms with Crippen molar-refractivity contribution in [3.8, 4) is 17.5 Å². The predicted molar refractivity (Wildman–Crippen MR) is 64.8 cm³/mol. The van der Waals surface area contributed by atoms with Gasteiger partial charge in [-0.3, -0.25) is 0 Å². The van der Waals surface area contributed by atoms with Gasteiger partial charge >= 0.3 is 0 Å². The van der Waals surface area contributed by atoms with Gasteiger partial charge in [0.1, 0.15) is 0 Å². The summed E-state index contributed by atoms with van der Waals surface area (Å²) in [5, 5.41) is 12.7. The number of nitrogens with zero attached hydrogens (tertiary/aromatic N) is 3. The monoisotopic (exact) mass is 243 g/mol. The summed E-state index contributed by atoms with van der Waals surface area (Å²) in [6.45, 7) is 2.47. The second-order valence-electron chi connectivity index (χ2n) is 3.90. The van der Waals surface area contributed by atoms with Crippen LogP contribution in [-0.4, -0.2) is 23.9 Å². The molecule has 0 radical (unpaired) electrons. The van der Waals surface area contributed by atoms with Crippen LogP contribution >= 0.6 is 0 Å². The Hall–Kier alpha value is -2.19. The summed E-state index contributed by atoms with van der Waals surface area (Å²) in [6.07, 6.45) is 0.620. The number of ether oxygens (including phenoxy) is 1. The van der Waals surface area contributed by atoms with Crippen molar-refractivity contribution in [2.24, 2.45) is 0 Å². The minimum atomic E-state index is 0.475. The Kier molecular flexibility index (Phi) is 3.70. The lowest BCUT2D eigenvalue weighted by Gasteiger charge is -1.99. The number of aromatic nitrogens is 2. The van der Waals surface area contributed by atoms with Crippen molar-refractivity contribution in [2.75, 3.05) is 13.7 Å². The number of benzene rings is 1. The fourth-order valence-electron chi connectivity index (χ4n) is 1.63. The lowest BCUT2D eigenvalue weighted by atomic mass is 10.1. The van der Waals surface area contributed by atoms with Crippen LogP contribution in [0, 0.1) is 18.3 Å². The summed E-state index contributed by atoms with van der Waals surface area (Å²) in [6, 6.07) is 7.45. The van der Waals surface area contributed by atoms with Crippen LogP contribution in [0.5, 0.6) is 0 Å². The van der Waals surface area contributed by atoms with Crippen molar-refractivity contribution < 1.29 is 9.26 Å². The van der Waals surface area contributed by atoms with Crippen LogP contribution < -0.4 is 0 Å². The van der Waals surface area contributed by atoms with Gasteiger partial charge in [0.15, 0.2) is 5.82 Å². The standard InChI is InChI=1S/C13H13N3O2/c1-9-7-10(8-14)3-4-11(9)13-15-12(16-18-13)5-6-17-2/h3-4,7H,5-6H2,1-2H3. The Labute approximate surface area is 105 Å². The van der Waals surface area contributed by atoms with Gasteiger partial charge in [0, 0.05) is 19.1 Å². The van der Waals surface area contributed by atoms with Gasteiger partial charge in [-0.05, 0) is 30.7 Å². The minimum Gasteiger partial charge on any atom is -0.384 e. The number of methoxy groups -OCH3 is 1. The molecule has 0 aliphatic carbocycles. The molecular formula is C13H13N3O2. The Balaban J connectivity index is 2.26. The zero-order valence-electron chi connectivity index (χ0n) is 10.3. The van der Waals surface area contributed by atoms with Gasteiger partial charge in [-0.15, -0.1) is 0 Å². The molecular weight excluding hydrogens is 230 g/mol. The van der Waals surface area contributed by atoms with E-state index in [0.717, 1.165) is 11.1 Å². The Bertz CT molecular complexity index is 584. The number of hydrogen-bond donors (Lipinski definition) is 0. The maximum absolute atomic E-state index is 8.81. The van der Waals surface area contributed by atoms with E-state index in [9.17, 15) is 0 Å². The molecule has 0 saturated heterocycles. The zero-order chi connectivity index (χ0) is 13.0. The van der Waals surface area contributed by atoms with Crippen LogP contribution in [0.1, 0.15) is 17.0 Å². The number of hydrogen-bond acceptors (Lipinski definition) is 5. The van der Waals surface area contributed by atoms with E-state index >= 15 is 0 Å².